The van der Waals surface area contributed by atoms with Crippen LogP contribution >= 0.6 is 0 Å². The molecule has 2 aromatic heterocycles. The summed E-state index contributed by atoms with van der Waals surface area (Å²) in [5, 5.41) is 1.13. The maximum Gasteiger partial charge on any atom is 0.274 e. The fraction of sp³-hybridized carbons (Fsp3) is 0.133. The first-order valence-electron chi connectivity index (χ1n) is 6.32. The third-order valence-electron chi connectivity index (χ3n) is 3.21. The largest absolute Gasteiger partial charge is 0.361 e. The van der Waals surface area contributed by atoms with Gasteiger partial charge in [-0.3, -0.25) is 9.78 Å². The van der Waals surface area contributed by atoms with E-state index in [-0.39, 0.29) is 5.91 Å². The molecule has 3 aromatic rings. The normalized spacial score (nSPS) is 10.7. The highest BCUT2D eigenvalue weighted by molar-refractivity contribution is 5.92. The van der Waals surface area contributed by atoms with Crippen LogP contribution in [0.4, 0.5) is 0 Å². The first kappa shape index (κ1) is 12.3. The average Bonchev–Trinajstić information content (AvgIpc) is 2.91. The van der Waals surface area contributed by atoms with Gasteiger partial charge in [-0.15, -0.1) is 0 Å². The molecule has 1 aromatic carbocycles. The monoisotopic (exact) mass is 266 g/mol. The number of carbonyl (C=O) groups excluding carboxylic acids is 1. The number of para-hydroxylation sites is 1. The Bertz CT molecular complexity index is 736. The molecule has 100 valence electrons. The molecular weight excluding hydrogens is 252 g/mol. The summed E-state index contributed by atoms with van der Waals surface area (Å²) in [4.78, 5) is 25.0. The number of hydrogen-bond acceptors (Lipinski definition) is 3. The Morgan fingerprint density at radius 2 is 2.15 bits per heavy atom. The number of nitrogens with zero attached hydrogens (tertiary/aromatic N) is 3. The topological polar surface area (TPSA) is 61.9 Å². The molecular formula is C15H14N4O. The van der Waals surface area contributed by atoms with Crippen molar-refractivity contribution in [2.75, 3.05) is 7.05 Å². The summed E-state index contributed by atoms with van der Waals surface area (Å²) in [6.45, 7) is 0.527. The van der Waals surface area contributed by atoms with Gasteiger partial charge >= 0.3 is 0 Å². The first-order chi connectivity index (χ1) is 9.75. The Balaban J connectivity index is 1.82. The number of benzene rings is 1. The highest BCUT2D eigenvalue weighted by Gasteiger charge is 2.14. The SMILES string of the molecule is CN(Cc1c[nH]c2ccccc12)C(=O)c1cnccn1. The molecule has 1 N–H and O–H groups in total. The van der Waals surface area contributed by atoms with E-state index in [1.807, 2.05) is 30.5 Å². The van der Waals surface area contributed by atoms with Crippen molar-refractivity contribution in [2.45, 2.75) is 6.54 Å². The molecule has 0 aliphatic heterocycles. The number of aromatic amines is 1. The molecule has 1 amide bonds. The van der Waals surface area contributed by atoms with Crippen molar-refractivity contribution in [2.24, 2.45) is 0 Å². The fourth-order valence-electron chi connectivity index (χ4n) is 2.19. The van der Waals surface area contributed by atoms with Gasteiger partial charge in [0.2, 0.25) is 0 Å². The second-order valence-corrected chi connectivity index (χ2v) is 4.61. The predicted molar refractivity (Wildman–Crippen MR) is 76.1 cm³/mol. The van der Waals surface area contributed by atoms with Crippen LogP contribution in [-0.2, 0) is 6.54 Å². The van der Waals surface area contributed by atoms with E-state index in [9.17, 15) is 4.79 Å². The minimum absolute atomic E-state index is 0.136. The molecule has 0 radical (unpaired) electrons. The molecule has 0 saturated carbocycles. The zero-order valence-electron chi connectivity index (χ0n) is 11.1. The van der Waals surface area contributed by atoms with E-state index in [4.69, 9.17) is 0 Å². The smallest absolute Gasteiger partial charge is 0.274 e. The molecule has 5 heteroatoms. The molecule has 0 saturated heterocycles. The number of hydrogen-bond donors (Lipinski definition) is 1. The minimum Gasteiger partial charge on any atom is -0.361 e. The van der Waals surface area contributed by atoms with Crippen LogP contribution in [0.5, 0.6) is 0 Å². The second-order valence-electron chi connectivity index (χ2n) is 4.61. The van der Waals surface area contributed by atoms with E-state index in [1.165, 1.54) is 12.4 Å². The van der Waals surface area contributed by atoms with Crippen LogP contribution in [0.15, 0.2) is 49.1 Å². The van der Waals surface area contributed by atoms with Gasteiger partial charge in [0.15, 0.2) is 0 Å². The maximum atomic E-state index is 12.2. The van der Waals surface area contributed by atoms with Crippen molar-refractivity contribution in [1.29, 1.82) is 0 Å². The first-order valence-corrected chi connectivity index (χ1v) is 6.32. The standard InChI is InChI=1S/C15H14N4O/c1-19(15(20)14-9-16-6-7-17-14)10-11-8-18-13-5-3-2-4-12(11)13/h2-9,18H,10H2,1H3. The van der Waals surface area contributed by atoms with Gasteiger partial charge in [0.05, 0.1) is 6.20 Å². The lowest BCUT2D eigenvalue weighted by Crippen LogP contribution is -2.27. The molecule has 0 atom stereocenters. The summed E-state index contributed by atoms with van der Waals surface area (Å²) in [5.41, 5.74) is 2.51. The van der Waals surface area contributed by atoms with Gasteiger partial charge in [-0.1, -0.05) is 18.2 Å². The number of carbonyl (C=O) groups is 1. The third-order valence-corrected chi connectivity index (χ3v) is 3.21. The van der Waals surface area contributed by atoms with Crippen LogP contribution in [0.1, 0.15) is 16.1 Å². The van der Waals surface area contributed by atoms with Gasteiger partial charge in [-0.2, -0.15) is 0 Å². The van der Waals surface area contributed by atoms with Crippen molar-refractivity contribution in [3.63, 3.8) is 0 Å². The van der Waals surface area contributed by atoms with Gasteiger partial charge in [0.1, 0.15) is 5.69 Å². The van der Waals surface area contributed by atoms with Crippen LogP contribution in [0.25, 0.3) is 10.9 Å². The highest BCUT2D eigenvalue weighted by Crippen LogP contribution is 2.19. The third kappa shape index (κ3) is 2.25. The Hall–Kier alpha value is -2.69. The second kappa shape index (κ2) is 5.13. The summed E-state index contributed by atoms with van der Waals surface area (Å²) in [5.74, 6) is -0.136. The van der Waals surface area contributed by atoms with Gasteiger partial charge in [0, 0.05) is 43.1 Å². The number of rotatable bonds is 3. The molecule has 5 nitrogen and oxygen atoms in total. The quantitative estimate of drug-likeness (QED) is 0.790. The number of aromatic nitrogens is 3. The van der Waals surface area contributed by atoms with E-state index in [1.54, 1.807) is 18.1 Å². The molecule has 0 aliphatic rings. The van der Waals surface area contributed by atoms with Gasteiger partial charge in [0.25, 0.3) is 5.91 Å². The van der Waals surface area contributed by atoms with E-state index < -0.39 is 0 Å². The van der Waals surface area contributed by atoms with E-state index in [2.05, 4.69) is 15.0 Å². The Morgan fingerprint density at radius 3 is 2.95 bits per heavy atom. The summed E-state index contributed by atoms with van der Waals surface area (Å²) >= 11 is 0. The van der Waals surface area contributed by atoms with Gasteiger partial charge in [-0.05, 0) is 11.6 Å². The van der Waals surface area contributed by atoms with Crippen molar-refractivity contribution < 1.29 is 4.79 Å². The molecule has 3 rings (SSSR count). The van der Waals surface area contributed by atoms with Crippen molar-refractivity contribution in [1.82, 2.24) is 19.9 Å². The van der Waals surface area contributed by atoms with Crippen LogP contribution in [0, 0.1) is 0 Å². The molecule has 0 aliphatic carbocycles. The van der Waals surface area contributed by atoms with E-state index in [0.717, 1.165) is 16.5 Å². The van der Waals surface area contributed by atoms with Crippen LogP contribution in [0.3, 0.4) is 0 Å². The summed E-state index contributed by atoms with van der Waals surface area (Å²) in [7, 11) is 1.76. The highest BCUT2D eigenvalue weighted by atomic mass is 16.2. The lowest BCUT2D eigenvalue weighted by molar-refractivity contribution is 0.0779. The summed E-state index contributed by atoms with van der Waals surface area (Å²) in [6, 6.07) is 8.03. The number of fused-ring (bicyclic) bond motifs is 1. The molecule has 0 unspecified atom stereocenters. The minimum atomic E-state index is -0.136. The lowest BCUT2D eigenvalue weighted by atomic mass is 10.1. The Labute approximate surface area is 116 Å². The molecule has 20 heavy (non-hydrogen) atoms. The predicted octanol–water partition coefficient (Wildman–Crippen LogP) is 2.23. The van der Waals surface area contributed by atoms with E-state index in [0.29, 0.717) is 12.2 Å². The molecule has 0 spiro atoms. The Kier molecular flexibility index (Phi) is 3.16. The Morgan fingerprint density at radius 1 is 1.30 bits per heavy atom. The van der Waals surface area contributed by atoms with Crippen molar-refractivity contribution >= 4 is 16.8 Å². The van der Waals surface area contributed by atoms with Crippen LogP contribution in [0.2, 0.25) is 0 Å². The summed E-state index contributed by atoms with van der Waals surface area (Å²) < 4.78 is 0. The molecule has 2 heterocycles. The van der Waals surface area contributed by atoms with Gasteiger partial charge < -0.3 is 9.88 Å². The van der Waals surface area contributed by atoms with E-state index >= 15 is 0 Å². The van der Waals surface area contributed by atoms with Crippen LogP contribution in [-0.4, -0.2) is 32.8 Å². The zero-order chi connectivity index (χ0) is 13.9. The maximum absolute atomic E-state index is 12.2. The zero-order valence-corrected chi connectivity index (χ0v) is 11.1. The number of amides is 1. The molecule has 0 fully saturated rings. The van der Waals surface area contributed by atoms with Crippen LogP contribution < -0.4 is 0 Å². The fourth-order valence-corrected chi connectivity index (χ4v) is 2.19. The lowest BCUT2D eigenvalue weighted by Gasteiger charge is -2.15. The van der Waals surface area contributed by atoms with Gasteiger partial charge in [-0.25, -0.2) is 4.98 Å². The molecule has 0 bridgehead atoms. The van der Waals surface area contributed by atoms with Crippen molar-refractivity contribution in [3.05, 3.63) is 60.3 Å². The average molecular weight is 266 g/mol. The number of H-pyrrole nitrogens is 1. The summed E-state index contributed by atoms with van der Waals surface area (Å²) in [6.07, 6.45) is 6.49. The van der Waals surface area contributed by atoms with Crippen molar-refractivity contribution in [3.8, 4) is 0 Å². The number of nitrogens with one attached hydrogen (secondary N) is 1.